The van der Waals surface area contributed by atoms with Gasteiger partial charge in [-0.1, -0.05) is 17.7 Å². The lowest BCUT2D eigenvalue weighted by Gasteiger charge is -2.18. The minimum absolute atomic E-state index is 0.0218. The van der Waals surface area contributed by atoms with Crippen molar-refractivity contribution in [2.24, 2.45) is 11.8 Å². The molecule has 0 spiro atoms. The highest BCUT2D eigenvalue weighted by atomic mass is 35.5. The lowest BCUT2D eigenvalue weighted by Crippen LogP contribution is -2.35. The number of carbonyl (C=O) groups excluding carboxylic acids is 2. The molecule has 1 aromatic heterocycles. The smallest absolute Gasteiger partial charge is 0.255 e. The summed E-state index contributed by atoms with van der Waals surface area (Å²) in [7, 11) is 0. The van der Waals surface area contributed by atoms with Crippen LogP contribution in [0, 0.1) is 17.7 Å². The highest BCUT2D eigenvalue weighted by Crippen LogP contribution is 2.24. The van der Waals surface area contributed by atoms with Crippen molar-refractivity contribution in [3.8, 4) is 5.69 Å². The number of hydrogen-bond donors (Lipinski definition) is 3. The molecule has 4 rings (SSSR count). The van der Waals surface area contributed by atoms with Gasteiger partial charge in [0.1, 0.15) is 5.82 Å². The van der Waals surface area contributed by atoms with Crippen molar-refractivity contribution in [1.82, 2.24) is 9.88 Å². The SMILES string of the molecule is O=C(Nc1ccc(Cl)cc1)[C@H]1CNC[C@@H]1C(=O)Nc1ccc(-n2ccccc2=O)cc1F. The fourth-order valence-corrected chi connectivity index (χ4v) is 3.75. The molecule has 9 heteroatoms. The first-order chi connectivity index (χ1) is 15.4. The lowest BCUT2D eigenvalue weighted by molar-refractivity contribution is -0.127. The summed E-state index contributed by atoms with van der Waals surface area (Å²) in [5.41, 5.74) is 0.596. The van der Waals surface area contributed by atoms with E-state index in [0.717, 1.165) is 0 Å². The first-order valence-electron chi connectivity index (χ1n) is 9.98. The van der Waals surface area contributed by atoms with Crippen molar-refractivity contribution in [2.45, 2.75) is 0 Å². The zero-order chi connectivity index (χ0) is 22.7. The van der Waals surface area contributed by atoms with Crippen molar-refractivity contribution in [3.05, 3.63) is 88.1 Å². The molecule has 32 heavy (non-hydrogen) atoms. The van der Waals surface area contributed by atoms with Gasteiger partial charge in [0, 0.05) is 42.1 Å². The summed E-state index contributed by atoms with van der Waals surface area (Å²) in [4.78, 5) is 37.4. The summed E-state index contributed by atoms with van der Waals surface area (Å²) in [5, 5.41) is 8.93. The zero-order valence-electron chi connectivity index (χ0n) is 16.8. The van der Waals surface area contributed by atoms with Crippen molar-refractivity contribution in [1.29, 1.82) is 0 Å². The molecule has 1 fully saturated rings. The average molecular weight is 455 g/mol. The number of benzene rings is 2. The Bertz CT molecular complexity index is 1210. The second-order valence-corrected chi connectivity index (χ2v) is 7.87. The molecule has 2 aromatic carbocycles. The third kappa shape index (κ3) is 4.71. The van der Waals surface area contributed by atoms with E-state index in [1.54, 1.807) is 36.4 Å². The van der Waals surface area contributed by atoms with Crippen molar-refractivity contribution in [3.63, 3.8) is 0 Å². The van der Waals surface area contributed by atoms with Gasteiger partial charge >= 0.3 is 0 Å². The van der Waals surface area contributed by atoms with Crippen LogP contribution < -0.4 is 21.5 Å². The number of nitrogens with one attached hydrogen (secondary N) is 3. The molecule has 3 N–H and O–H groups in total. The van der Waals surface area contributed by atoms with Crippen LogP contribution in [0.3, 0.4) is 0 Å². The largest absolute Gasteiger partial charge is 0.326 e. The molecular formula is C23H20ClFN4O3. The van der Waals surface area contributed by atoms with Crippen LogP contribution in [0.5, 0.6) is 0 Å². The normalized spacial score (nSPS) is 17.7. The summed E-state index contributed by atoms with van der Waals surface area (Å²) in [6, 6.07) is 15.4. The number of carbonyl (C=O) groups is 2. The average Bonchev–Trinajstić information content (AvgIpc) is 3.27. The van der Waals surface area contributed by atoms with Crippen LogP contribution in [0.2, 0.25) is 5.02 Å². The van der Waals surface area contributed by atoms with Crippen molar-refractivity contribution >= 4 is 34.8 Å². The Hall–Kier alpha value is -3.49. The molecule has 7 nitrogen and oxygen atoms in total. The molecule has 1 aliphatic rings. The van der Waals surface area contributed by atoms with Crippen LogP contribution in [0.25, 0.3) is 5.69 Å². The topological polar surface area (TPSA) is 92.2 Å². The molecule has 164 valence electrons. The quantitative estimate of drug-likeness (QED) is 0.552. The van der Waals surface area contributed by atoms with E-state index in [2.05, 4.69) is 16.0 Å². The van der Waals surface area contributed by atoms with Crippen LogP contribution in [0.4, 0.5) is 15.8 Å². The maximum absolute atomic E-state index is 14.7. The first-order valence-corrected chi connectivity index (χ1v) is 10.4. The molecule has 0 unspecified atom stereocenters. The molecule has 2 heterocycles. The summed E-state index contributed by atoms with van der Waals surface area (Å²) in [6.45, 7) is 0.625. The standard InChI is InChI=1S/C23H20ClFN4O3/c24-14-4-6-15(7-5-14)27-22(31)17-12-26-13-18(17)23(32)28-20-9-8-16(11-19(20)25)29-10-2-1-3-21(29)30/h1-11,17-18,26H,12-13H2,(H,27,31)(H,28,32)/t17-,18-/m0/s1. The Morgan fingerprint density at radius 2 is 1.66 bits per heavy atom. The molecule has 2 atom stereocenters. The van der Waals surface area contributed by atoms with E-state index in [0.29, 0.717) is 29.5 Å². The second-order valence-electron chi connectivity index (χ2n) is 7.43. The highest BCUT2D eigenvalue weighted by molar-refractivity contribution is 6.30. The number of nitrogens with zero attached hydrogens (tertiary/aromatic N) is 1. The van der Waals surface area contributed by atoms with Crippen LogP contribution in [0.1, 0.15) is 0 Å². The first kappa shape index (κ1) is 21.7. The third-order valence-electron chi connectivity index (χ3n) is 5.31. The second kappa shape index (κ2) is 9.33. The predicted molar refractivity (Wildman–Crippen MR) is 121 cm³/mol. The number of hydrogen-bond acceptors (Lipinski definition) is 4. The number of pyridine rings is 1. The molecule has 2 amide bonds. The van der Waals surface area contributed by atoms with Gasteiger partial charge in [0.05, 0.1) is 23.2 Å². The van der Waals surface area contributed by atoms with Gasteiger partial charge in [-0.05, 0) is 42.5 Å². The summed E-state index contributed by atoms with van der Waals surface area (Å²) in [6.07, 6.45) is 1.53. The highest BCUT2D eigenvalue weighted by Gasteiger charge is 2.38. The molecule has 1 saturated heterocycles. The van der Waals surface area contributed by atoms with Gasteiger partial charge in [0.2, 0.25) is 11.8 Å². The van der Waals surface area contributed by atoms with E-state index in [4.69, 9.17) is 11.6 Å². The molecule has 0 bridgehead atoms. The molecule has 0 saturated carbocycles. The van der Waals surface area contributed by atoms with Gasteiger partial charge in [-0.3, -0.25) is 19.0 Å². The van der Waals surface area contributed by atoms with Gasteiger partial charge < -0.3 is 16.0 Å². The summed E-state index contributed by atoms with van der Waals surface area (Å²) < 4.78 is 16.0. The van der Waals surface area contributed by atoms with Gasteiger partial charge in [-0.25, -0.2) is 4.39 Å². The van der Waals surface area contributed by atoms with Crippen LogP contribution >= 0.6 is 11.6 Å². The van der Waals surface area contributed by atoms with Crippen LogP contribution in [0.15, 0.2) is 71.7 Å². The number of anilines is 2. The zero-order valence-corrected chi connectivity index (χ0v) is 17.6. The Labute approximate surface area is 188 Å². The number of aromatic nitrogens is 1. The number of rotatable bonds is 5. The van der Waals surface area contributed by atoms with Gasteiger partial charge in [0.15, 0.2) is 0 Å². The molecule has 3 aromatic rings. The van der Waals surface area contributed by atoms with Gasteiger partial charge in [-0.2, -0.15) is 0 Å². The lowest BCUT2D eigenvalue weighted by atomic mass is 9.94. The Morgan fingerprint density at radius 3 is 2.31 bits per heavy atom. The van der Waals surface area contributed by atoms with E-state index < -0.39 is 23.6 Å². The van der Waals surface area contributed by atoms with Gasteiger partial charge in [-0.15, -0.1) is 0 Å². The maximum atomic E-state index is 14.7. The minimum atomic E-state index is -0.681. The Balaban J connectivity index is 1.45. The fourth-order valence-electron chi connectivity index (χ4n) is 3.62. The van der Waals surface area contributed by atoms with Crippen molar-refractivity contribution in [2.75, 3.05) is 23.7 Å². The van der Waals surface area contributed by atoms with E-state index in [1.165, 1.54) is 35.0 Å². The van der Waals surface area contributed by atoms with E-state index >= 15 is 0 Å². The fraction of sp³-hybridized carbons (Fsp3) is 0.174. The molecule has 0 aliphatic carbocycles. The van der Waals surface area contributed by atoms with Crippen LogP contribution in [-0.2, 0) is 9.59 Å². The van der Waals surface area contributed by atoms with E-state index in [9.17, 15) is 18.8 Å². The minimum Gasteiger partial charge on any atom is -0.326 e. The van der Waals surface area contributed by atoms with Crippen molar-refractivity contribution < 1.29 is 14.0 Å². The van der Waals surface area contributed by atoms with Crippen LogP contribution in [-0.4, -0.2) is 29.5 Å². The van der Waals surface area contributed by atoms with Gasteiger partial charge in [0.25, 0.3) is 5.56 Å². The van der Waals surface area contributed by atoms with E-state index in [-0.39, 0.29) is 17.2 Å². The van der Waals surface area contributed by atoms with E-state index in [1.807, 2.05) is 0 Å². The Morgan fingerprint density at radius 1 is 0.969 bits per heavy atom. The molecule has 0 radical (unpaired) electrons. The summed E-state index contributed by atoms with van der Waals surface area (Å²) in [5.74, 6) is -2.74. The summed E-state index contributed by atoms with van der Waals surface area (Å²) >= 11 is 5.86. The molecule has 1 aliphatic heterocycles. The Kier molecular flexibility index (Phi) is 6.34. The number of halogens is 2. The number of amides is 2. The third-order valence-corrected chi connectivity index (χ3v) is 5.56. The predicted octanol–water partition coefficient (Wildman–Crippen LogP) is 3.04. The molecular weight excluding hydrogens is 435 g/mol. The maximum Gasteiger partial charge on any atom is 0.255 e. The monoisotopic (exact) mass is 454 g/mol.